The number of thioether (sulfide) groups is 1. The number of nitrogens with one attached hydrogen (secondary N) is 2. The zero-order valence-electron chi connectivity index (χ0n) is 18.2. The molecule has 0 spiro atoms. The van der Waals surface area contributed by atoms with Crippen LogP contribution < -0.4 is 15.4 Å². The van der Waals surface area contributed by atoms with Gasteiger partial charge in [-0.25, -0.2) is 4.98 Å². The van der Waals surface area contributed by atoms with E-state index < -0.39 is 6.10 Å². The van der Waals surface area contributed by atoms with Crippen molar-refractivity contribution in [2.45, 2.75) is 38.1 Å². The molecule has 10 heteroatoms. The number of hydrogen-bond donors (Lipinski definition) is 2. The molecule has 2 N–H and O–H groups in total. The molecule has 168 valence electrons. The van der Waals surface area contributed by atoms with Crippen LogP contribution in [-0.2, 0) is 29.6 Å². The van der Waals surface area contributed by atoms with Crippen molar-refractivity contribution in [3.8, 4) is 5.75 Å². The lowest BCUT2D eigenvalue weighted by Crippen LogP contribution is -2.36. The van der Waals surface area contributed by atoms with Crippen LogP contribution in [0.2, 0.25) is 0 Å². The number of hydrogen-bond acceptors (Lipinski definition) is 7. The number of carbonyl (C=O) groups is 2. The molecule has 0 saturated carbocycles. The van der Waals surface area contributed by atoms with Crippen LogP contribution in [0.1, 0.15) is 25.2 Å². The van der Waals surface area contributed by atoms with Gasteiger partial charge in [0.25, 0.3) is 5.91 Å². The molecule has 0 unspecified atom stereocenters. The molecule has 1 atom stereocenters. The summed E-state index contributed by atoms with van der Waals surface area (Å²) in [5, 5.41) is 14.3. The molecule has 2 amide bonds. The molecule has 2 aromatic heterocycles. The third-order valence-electron chi connectivity index (χ3n) is 4.62. The van der Waals surface area contributed by atoms with E-state index in [0.29, 0.717) is 22.5 Å². The Kier molecular flexibility index (Phi) is 8.20. The van der Waals surface area contributed by atoms with Crippen molar-refractivity contribution in [1.29, 1.82) is 0 Å². The van der Waals surface area contributed by atoms with Crippen molar-refractivity contribution in [3.05, 3.63) is 60.0 Å². The number of ether oxygens (including phenoxy) is 1. The molecule has 0 aliphatic carbocycles. The average Bonchev–Trinajstić information content (AvgIpc) is 3.16. The minimum absolute atomic E-state index is 0.163. The van der Waals surface area contributed by atoms with Crippen LogP contribution in [0.3, 0.4) is 0 Å². The van der Waals surface area contributed by atoms with Crippen molar-refractivity contribution in [1.82, 2.24) is 25.1 Å². The van der Waals surface area contributed by atoms with E-state index in [1.165, 1.54) is 17.3 Å². The smallest absolute Gasteiger partial charge is 0.261 e. The fraction of sp³-hybridized carbons (Fsp3) is 0.318. The number of amides is 2. The minimum Gasteiger partial charge on any atom is -0.481 e. The van der Waals surface area contributed by atoms with Crippen LogP contribution in [0, 0.1) is 0 Å². The predicted molar refractivity (Wildman–Crippen MR) is 122 cm³/mol. The van der Waals surface area contributed by atoms with Crippen molar-refractivity contribution >= 4 is 29.4 Å². The Balaban J connectivity index is 1.46. The highest BCUT2D eigenvalue weighted by Gasteiger charge is 2.17. The first-order chi connectivity index (χ1) is 15.5. The van der Waals surface area contributed by atoms with Gasteiger partial charge < -0.3 is 19.9 Å². The molecule has 3 rings (SSSR count). The van der Waals surface area contributed by atoms with E-state index in [0.717, 1.165) is 6.42 Å². The Morgan fingerprint density at radius 3 is 2.62 bits per heavy atom. The van der Waals surface area contributed by atoms with Gasteiger partial charge >= 0.3 is 0 Å². The van der Waals surface area contributed by atoms with Crippen LogP contribution >= 0.6 is 11.8 Å². The summed E-state index contributed by atoms with van der Waals surface area (Å²) in [4.78, 5) is 28.5. The van der Waals surface area contributed by atoms with E-state index in [-0.39, 0.29) is 24.1 Å². The lowest BCUT2D eigenvalue weighted by atomic mass is 10.2. The van der Waals surface area contributed by atoms with Crippen molar-refractivity contribution in [3.63, 3.8) is 0 Å². The van der Waals surface area contributed by atoms with E-state index in [9.17, 15) is 9.59 Å². The Labute approximate surface area is 191 Å². The monoisotopic (exact) mass is 454 g/mol. The van der Waals surface area contributed by atoms with Crippen LogP contribution in [0.5, 0.6) is 5.75 Å². The third kappa shape index (κ3) is 6.55. The Hall–Kier alpha value is -3.40. The maximum atomic E-state index is 12.4. The number of rotatable bonds is 10. The van der Waals surface area contributed by atoms with Gasteiger partial charge in [-0.1, -0.05) is 36.9 Å². The SMILES string of the molecule is CCc1ccc(O[C@@H](C)C(=O)NCc2nnc(SCC(=O)Nc3ccccn3)n2C)cc1. The average molecular weight is 455 g/mol. The van der Waals surface area contributed by atoms with Crippen LogP contribution in [0.4, 0.5) is 5.82 Å². The molecule has 9 nitrogen and oxygen atoms in total. The largest absolute Gasteiger partial charge is 0.481 e. The lowest BCUT2D eigenvalue weighted by Gasteiger charge is -2.15. The van der Waals surface area contributed by atoms with Gasteiger partial charge in [-0.05, 0) is 43.2 Å². The molecule has 3 aromatic rings. The highest BCUT2D eigenvalue weighted by molar-refractivity contribution is 7.99. The summed E-state index contributed by atoms with van der Waals surface area (Å²) >= 11 is 1.25. The van der Waals surface area contributed by atoms with Gasteiger partial charge in [0.1, 0.15) is 11.6 Å². The molecule has 0 radical (unpaired) electrons. The topological polar surface area (TPSA) is 111 Å². The molecular weight excluding hydrogens is 428 g/mol. The number of aromatic nitrogens is 4. The first-order valence-corrected chi connectivity index (χ1v) is 11.2. The quantitative estimate of drug-likeness (QED) is 0.453. The summed E-state index contributed by atoms with van der Waals surface area (Å²) in [6, 6.07) is 13.0. The molecule has 0 bridgehead atoms. The molecule has 1 aromatic carbocycles. The van der Waals surface area contributed by atoms with Gasteiger partial charge in [-0.15, -0.1) is 10.2 Å². The molecule has 0 saturated heterocycles. The van der Waals surface area contributed by atoms with Crippen LogP contribution in [0.25, 0.3) is 0 Å². The van der Waals surface area contributed by atoms with Gasteiger partial charge in [0.15, 0.2) is 17.1 Å². The van der Waals surface area contributed by atoms with Crippen LogP contribution in [-0.4, -0.2) is 43.4 Å². The van der Waals surface area contributed by atoms with Gasteiger partial charge in [0.05, 0.1) is 12.3 Å². The number of nitrogens with zero attached hydrogens (tertiary/aromatic N) is 4. The second kappa shape index (κ2) is 11.3. The van der Waals surface area contributed by atoms with Crippen molar-refractivity contribution in [2.75, 3.05) is 11.1 Å². The molecular formula is C22H26N6O3S. The van der Waals surface area contributed by atoms with E-state index in [2.05, 4.69) is 32.7 Å². The first kappa shape index (κ1) is 23.3. The van der Waals surface area contributed by atoms with Gasteiger partial charge in [0.2, 0.25) is 5.91 Å². The summed E-state index contributed by atoms with van der Waals surface area (Å²) in [5.74, 6) is 1.44. The van der Waals surface area contributed by atoms with Gasteiger partial charge in [-0.3, -0.25) is 9.59 Å². The van der Waals surface area contributed by atoms with Crippen molar-refractivity contribution < 1.29 is 14.3 Å². The number of aryl methyl sites for hydroxylation is 1. The number of pyridine rings is 1. The molecule has 0 aliphatic rings. The van der Waals surface area contributed by atoms with Crippen molar-refractivity contribution in [2.24, 2.45) is 7.05 Å². The summed E-state index contributed by atoms with van der Waals surface area (Å²) in [7, 11) is 1.79. The van der Waals surface area contributed by atoms with E-state index >= 15 is 0 Å². The fourth-order valence-corrected chi connectivity index (χ4v) is 3.47. The summed E-state index contributed by atoms with van der Waals surface area (Å²) in [5.41, 5.74) is 1.21. The molecule has 0 aliphatic heterocycles. The standard InChI is InChI=1S/C22H26N6O3S/c1-4-16-8-10-17(11-9-16)31-15(2)21(30)24-13-19-26-27-22(28(19)3)32-14-20(29)25-18-7-5-6-12-23-18/h5-12,15H,4,13-14H2,1-3H3,(H,24,30)(H,23,25,29)/t15-/m0/s1. The summed E-state index contributed by atoms with van der Waals surface area (Å²) in [6.45, 7) is 3.98. The first-order valence-electron chi connectivity index (χ1n) is 10.2. The summed E-state index contributed by atoms with van der Waals surface area (Å²) < 4.78 is 7.45. The highest BCUT2D eigenvalue weighted by atomic mass is 32.2. The lowest BCUT2D eigenvalue weighted by molar-refractivity contribution is -0.127. The zero-order valence-corrected chi connectivity index (χ0v) is 19.1. The van der Waals surface area contributed by atoms with Gasteiger partial charge in [0, 0.05) is 13.2 Å². The predicted octanol–water partition coefficient (Wildman–Crippen LogP) is 2.59. The highest BCUT2D eigenvalue weighted by Crippen LogP contribution is 2.17. The number of anilines is 1. The Bertz CT molecular complexity index is 1040. The zero-order chi connectivity index (χ0) is 22.9. The number of carbonyl (C=O) groups excluding carboxylic acids is 2. The van der Waals surface area contributed by atoms with Gasteiger partial charge in [-0.2, -0.15) is 0 Å². The maximum Gasteiger partial charge on any atom is 0.261 e. The fourth-order valence-electron chi connectivity index (χ4n) is 2.74. The second-order valence-electron chi connectivity index (χ2n) is 6.99. The van der Waals surface area contributed by atoms with E-state index in [1.807, 2.05) is 24.3 Å². The molecule has 32 heavy (non-hydrogen) atoms. The normalized spacial score (nSPS) is 11.6. The second-order valence-corrected chi connectivity index (χ2v) is 7.93. The van der Waals surface area contributed by atoms with E-state index in [4.69, 9.17) is 4.74 Å². The van der Waals surface area contributed by atoms with Crippen LogP contribution in [0.15, 0.2) is 53.8 Å². The number of benzene rings is 1. The molecule has 0 fully saturated rings. The molecule has 2 heterocycles. The summed E-state index contributed by atoms with van der Waals surface area (Å²) in [6.07, 6.45) is 1.91. The minimum atomic E-state index is -0.653. The third-order valence-corrected chi connectivity index (χ3v) is 5.64. The Morgan fingerprint density at radius 2 is 1.94 bits per heavy atom. The Morgan fingerprint density at radius 1 is 1.16 bits per heavy atom. The van der Waals surface area contributed by atoms with E-state index in [1.54, 1.807) is 42.9 Å². The maximum absolute atomic E-state index is 12.4.